The minimum atomic E-state index is -0.820. The quantitative estimate of drug-likeness (QED) is 0.880. The fourth-order valence-corrected chi connectivity index (χ4v) is 3.63. The molecule has 1 aromatic carbocycles. The molecule has 0 unspecified atom stereocenters. The third kappa shape index (κ3) is 3.41. The second-order valence-electron chi connectivity index (χ2n) is 6.86. The Balaban J connectivity index is 1.40. The first-order valence-corrected chi connectivity index (χ1v) is 8.97. The van der Waals surface area contributed by atoms with Crippen molar-refractivity contribution in [2.45, 2.75) is 38.8 Å². The zero-order chi connectivity index (χ0) is 19.0. The zero-order valence-corrected chi connectivity index (χ0v) is 14.6. The molecule has 0 bridgehead atoms. The molecule has 142 valence electrons. The summed E-state index contributed by atoms with van der Waals surface area (Å²) in [6.07, 6.45) is 3.02. The van der Waals surface area contributed by atoms with Crippen LogP contribution in [-0.4, -0.2) is 33.1 Å². The molecule has 1 fully saturated rings. The van der Waals surface area contributed by atoms with E-state index in [9.17, 15) is 18.4 Å². The maximum Gasteiger partial charge on any atom is 0.227 e. The third-order valence-electron chi connectivity index (χ3n) is 5.05. The molecule has 9 heteroatoms. The molecule has 2 aliphatic heterocycles. The van der Waals surface area contributed by atoms with Crippen LogP contribution in [0.3, 0.4) is 0 Å². The Morgan fingerprint density at radius 1 is 1.26 bits per heavy atom. The molecule has 2 aliphatic rings. The van der Waals surface area contributed by atoms with Gasteiger partial charge in [-0.2, -0.15) is 0 Å². The van der Waals surface area contributed by atoms with Gasteiger partial charge in [-0.25, -0.2) is 8.78 Å². The Kier molecular flexibility index (Phi) is 4.59. The van der Waals surface area contributed by atoms with Crippen LogP contribution in [-0.2, 0) is 29.1 Å². The highest BCUT2D eigenvalue weighted by molar-refractivity contribution is 6.00. The summed E-state index contributed by atoms with van der Waals surface area (Å²) in [6.45, 7) is 1.14. The summed E-state index contributed by atoms with van der Waals surface area (Å²) in [5, 5.41) is 11.1. The van der Waals surface area contributed by atoms with E-state index in [2.05, 4.69) is 15.5 Å². The molecule has 2 amide bonds. The van der Waals surface area contributed by atoms with Crippen LogP contribution in [0.4, 0.5) is 14.5 Å². The van der Waals surface area contributed by atoms with Gasteiger partial charge in [0.1, 0.15) is 17.5 Å². The number of hydrogen-bond donors (Lipinski definition) is 1. The predicted molar refractivity (Wildman–Crippen MR) is 91.6 cm³/mol. The maximum atomic E-state index is 13.9. The summed E-state index contributed by atoms with van der Waals surface area (Å²) in [7, 11) is 0. The fourth-order valence-electron chi connectivity index (χ4n) is 3.63. The number of nitrogens with zero attached hydrogens (tertiary/aromatic N) is 4. The number of carbonyl (C=O) groups excluding carboxylic acids is 2. The number of fused-ring (bicyclic) bond motifs is 1. The second kappa shape index (κ2) is 7.05. The van der Waals surface area contributed by atoms with E-state index in [1.807, 2.05) is 4.57 Å². The summed E-state index contributed by atoms with van der Waals surface area (Å²) in [4.78, 5) is 25.9. The van der Waals surface area contributed by atoms with Crippen LogP contribution >= 0.6 is 0 Å². The van der Waals surface area contributed by atoms with E-state index in [-0.39, 0.29) is 37.0 Å². The molecular formula is C18H19F2N5O2. The number of benzene rings is 1. The average molecular weight is 375 g/mol. The summed E-state index contributed by atoms with van der Waals surface area (Å²) in [5.41, 5.74) is -0.0109. The van der Waals surface area contributed by atoms with Gasteiger partial charge < -0.3 is 14.8 Å². The van der Waals surface area contributed by atoms with Gasteiger partial charge in [-0.3, -0.25) is 9.59 Å². The van der Waals surface area contributed by atoms with Crippen molar-refractivity contribution in [1.82, 2.24) is 20.1 Å². The number of halogens is 2. The van der Waals surface area contributed by atoms with Crippen molar-refractivity contribution in [3.8, 4) is 0 Å². The lowest BCUT2D eigenvalue weighted by molar-refractivity contribution is -0.126. The van der Waals surface area contributed by atoms with Crippen LogP contribution < -0.4 is 10.2 Å². The largest absolute Gasteiger partial charge is 0.348 e. The lowest BCUT2D eigenvalue weighted by Gasteiger charge is -2.18. The van der Waals surface area contributed by atoms with E-state index in [1.54, 1.807) is 0 Å². The van der Waals surface area contributed by atoms with Crippen molar-refractivity contribution in [2.24, 2.45) is 5.92 Å². The molecule has 0 spiro atoms. The van der Waals surface area contributed by atoms with Crippen molar-refractivity contribution in [3.63, 3.8) is 0 Å². The van der Waals surface area contributed by atoms with E-state index >= 15 is 0 Å². The molecule has 1 N–H and O–H groups in total. The van der Waals surface area contributed by atoms with Crippen molar-refractivity contribution in [1.29, 1.82) is 0 Å². The Morgan fingerprint density at radius 2 is 2.11 bits per heavy atom. The van der Waals surface area contributed by atoms with E-state index < -0.39 is 17.6 Å². The molecule has 1 aromatic heterocycles. The Hall–Kier alpha value is -2.84. The Labute approximate surface area is 154 Å². The fraction of sp³-hybridized carbons (Fsp3) is 0.444. The van der Waals surface area contributed by atoms with Crippen LogP contribution in [0.15, 0.2) is 18.2 Å². The zero-order valence-electron chi connectivity index (χ0n) is 14.6. The average Bonchev–Trinajstić information content (AvgIpc) is 3.24. The molecule has 2 aromatic rings. The Bertz CT molecular complexity index is 898. The number of aryl methyl sites for hydroxylation is 1. The highest BCUT2D eigenvalue weighted by Gasteiger charge is 2.36. The second-order valence-corrected chi connectivity index (χ2v) is 6.86. The number of aromatic nitrogens is 3. The van der Waals surface area contributed by atoms with Crippen molar-refractivity contribution < 1.29 is 18.4 Å². The van der Waals surface area contributed by atoms with Crippen LogP contribution in [0.2, 0.25) is 0 Å². The molecule has 4 rings (SSSR count). The highest BCUT2D eigenvalue weighted by Crippen LogP contribution is 2.28. The summed E-state index contributed by atoms with van der Waals surface area (Å²) >= 11 is 0. The number of nitrogens with one attached hydrogen (secondary N) is 1. The number of carbonyl (C=O) groups is 2. The monoisotopic (exact) mass is 375 g/mol. The van der Waals surface area contributed by atoms with Gasteiger partial charge in [0.15, 0.2) is 5.82 Å². The molecule has 7 nitrogen and oxygen atoms in total. The summed E-state index contributed by atoms with van der Waals surface area (Å²) in [6, 6.07) is 3.03. The van der Waals surface area contributed by atoms with Crippen molar-refractivity contribution >= 4 is 17.5 Å². The van der Waals surface area contributed by atoms with E-state index in [4.69, 9.17) is 0 Å². The minimum Gasteiger partial charge on any atom is -0.348 e. The smallest absolute Gasteiger partial charge is 0.227 e. The Morgan fingerprint density at radius 3 is 2.93 bits per heavy atom. The van der Waals surface area contributed by atoms with Gasteiger partial charge in [-0.1, -0.05) is 0 Å². The first kappa shape index (κ1) is 17.6. The number of rotatable bonds is 4. The van der Waals surface area contributed by atoms with E-state index in [0.717, 1.165) is 43.8 Å². The topological polar surface area (TPSA) is 80.1 Å². The van der Waals surface area contributed by atoms with Crippen molar-refractivity contribution in [2.75, 3.05) is 11.4 Å². The predicted octanol–water partition coefficient (Wildman–Crippen LogP) is 1.56. The molecule has 1 saturated heterocycles. The lowest BCUT2D eigenvalue weighted by atomic mass is 10.1. The summed E-state index contributed by atoms with van der Waals surface area (Å²) in [5.74, 6) is -1.15. The molecular weight excluding hydrogens is 356 g/mol. The first-order chi connectivity index (χ1) is 13.0. The number of amides is 2. The molecule has 1 atom stereocenters. The van der Waals surface area contributed by atoms with Gasteiger partial charge in [0.2, 0.25) is 11.8 Å². The van der Waals surface area contributed by atoms with Crippen molar-refractivity contribution in [3.05, 3.63) is 41.5 Å². The minimum absolute atomic E-state index is 0.0109. The van der Waals surface area contributed by atoms with Crippen LogP contribution in [0, 0.1) is 17.6 Å². The van der Waals surface area contributed by atoms with Crippen LogP contribution in [0.25, 0.3) is 0 Å². The van der Waals surface area contributed by atoms with Gasteiger partial charge in [0.25, 0.3) is 0 Å². The molecule has 0 saturated carbocycles. The molecule has 27 heavy (non-hydrogen) atoms. The highest BCUT2D eigenvalue weighted by atomic mass is 19.1. The van der Waals surface area contributed by atoms with Gasteiger partial charge in [-0.05, 0) is 25.0 Å². The SMILES string of the molecule is O=C(NCc1nnc2n1CCCC2)[C@H]1CC(=O)N(c2ccc(F)cc2F)C1. The van der Waals surface area contributed by atoms with Crippen LogP contribution in [0.1, 0.15) is 30.9 Å². The molecule has 0 radical (unpaired) electrons. The van der Waals surface area contributed by atoms with Gasteiger partial charge in [0, 0.05) is 32.0 Å². The first-order valence-electron chi connectivity index (χ1n) is 8.97. The number of anilines is 1. The normalized spacial score (nSPS) is 19.3. The maximum absolute atomic E-state index is 13.9. The molecule has 0 aliphatic carbocycles. The van der Waals surface area contributed by atoms with E-state index in [0.29, 0.717) is 5.82 Å². The lowest BCUT2D eigenvalue weighted by Crippen LogP contribution is -2.33. The van der Waals surface area contributed by atoms with E-state index in [1.165, 1.54) is 11.0 Å². The number of hydrogen-bond acceptors (Lipinski definition) is 4. The standard InChI is InChI=1S/C18H19F2N5O2/c19-12-4-5-14(13(20)8-12)25-10-11(7-17(25)26)18(27)21-9-16-23-22-15-3-1-2-6-24(15)16/h4-5,8,11H,1-3,6-7,9-10H2,(H,21,27)/t11-/m0/s1. The van der Waals surface area contributed by atoms with Gasteiger partial charge in [0.05, 0.1) is 18.2 Å². The van der Waals surface area contributed by atoms with Crippen LogP contribution in [0.5, 0.6) is 0 Å². The summed E-state index contributed by atoms with van der Waals surface area (Å²) < 4.78 is 29.0. The molecule has 3 heterocycles. The van der Waals surface area contributed by atoms with Gasteiger partial charge in [-0.15, -0.1) is 10.2 Å². The van der Waals surface area contributed by atoms with Gasteiger partial charge >= 0.3 is 0 Å². The third-order valence-corrected chi connectivity index (χ3v) is 5.05.